The summed E-state index contributed by atoms with van der Waals surface area (Å²) in [5.41, 5.74) is 9.76. The Balaban J connectivity index is 1.59. The van der Waals surface area contributed by atoms with E-state index in [-0.39, 0.29) is 0 Å². The lowest BCUT2D eigenvalue weighted by Gasteiger charge is -2.12. The highest BCUT2D eigenvalue weighted by Crippen LogP contribution is 2.34. The molecule has 0 saturated heterocycles. The molecule has 0 atom stereocenters. The molecule has 8 heteroatoms. The van der Waals surface area contributed by atoms with Gasteiger partial charge in [-0.05, 0) is 36.8 Å². The van der Waals surface area contributed by atoms with Gasteiger partial charge in [0.25, 0.3) is 0 Å². The Bertz CT molecular complexity index is 1100. The molecule has 2 aromatic heterocycles. The zero-order chi connectivity index (χ0) is 20.4. The molecule has 0 aliphatic carbocycles. The number of ether oxygens (including phenoxy) is 2. The van der Waals surface area contributed by atoms with E-state index in [4.69, 9.17) is 15.2 Å². The number of nitrogens with two attached hydrogens (primary N) is 1. The highest BCUT2D eigenvalue weighted by atomic mass is 32.1. The van der Waals surface area contributed by atoms with E-state index in [0.29, 0.717) is 18.3 Å². The molecular weight excluding hydrogens is 386 g/mol. The van der Waals surface area contributed by atoms with Crippen LogP contribution in [0.2, 0.25) is 0 Å². The quantitative estimate of drug-likeness (QED) is 0.493. The predicted molar refractivity (Wildman–Crippen MR) is 117 cm³/mol. The Kier molecular flexibility index (Phi) is 5.18. The van der Waals surface area contributed by atoms with Gasteiger partial charge in [0.2, 0.25) is 5.95 Å². The molecule has 7 nitrogen and oxygen atoms in total. The molecule has 4 rings (SSSR count). The molecular formula is C21H21N5O2S. The van der Waals surface area contributed by atoms with Gasteiger partial charge in [0, 0.05) is 12.6 Å². The van der Waals surface area contributed by atoms with Crippen molar-refractivity contribution < 1.29 is 9.47 Å². The molecule has 0 radical (unpaired) electrons. The van der Waals surface area contributed by atoms with Gasteiger partial charge in [-0.3, -0.25) is 0 Å². The summed E-state index contributed by atoms with van der Waals surface area (Å²) in [7, 11) is 3.25. The summed E-state index contributed by atoms with van der Waals surface area (Å²) in [6.07, 6.45) is 0. The van der Waals surface area contributed by atoms with E-state index in [1.54, 1.807) is 25.6 Å². The zero-order valence-electron chi connectivity index (χ0n) is 16.4. The van der Waals surface area contributed by atoms with Crippen molar-refractivity contribution in [1.29, 1.82) is 0 Å². The van der Waals surface area contributed by atoms with E-state index in [1.165, 1.54) is 0 Å². The van der Waals surface area contributed by atoms with Gasteiger partial charge in [-0.2, -0.15) is 4.98 Å². The van der Waals surface area contributed by atoms with E-state index < -0.39 is 0 Å². The maximum Gasteiger partial charge on any atom is 0.225 e. The monoisotopic (exact) mass is 407 g/mol. The summed E-state index contributed by atoms with van der Waals surface area (Å²) < 4.78 is 11.7. The van der Waals surface area contributed by atoms with Crippen molar-refractivity contribution in [1.82, 2.24) is 15.0 Å². The Morgan fingerprint density at radius 2 is 1.72 bits per heavy atom. The maximum absolute atomic E-state index is 6.27. The number of aromatic nitrogens is 3. The molecule has 3 N–H and O–H groups in total. The van der Waals surface area contributed by atoms with Gasteiger partial charge in [0.15, 0.2) is 0 Å². The summed E-state index contributed by atoms with van der Waals surface area (Å²) in [5.74, 6) is 2.32. The third-order valence-electron chi connectivity index (χ3n) is 4.49. The fraction of sp³-hybridized carbons (Fsp3) is 0.190. The van der Waals surface area contributed by atoms with E-state index in [0.717, 1.165) is 43.5 Å². The number of para-hydroxylation sites is 1. The molecule has 0 spiro atoms. The molecule has 4 aromatic rings. The second-order valence-electron chi connectivity index (χ2n) is 6.45. The summed E-state index contributed by atoms with van der Waals surface area (Å²) in [5, 5.41) is 4.04. The van der Waals surface area contributed by atoms with Gasteiger partial charge < -0.3 is 20.5 Å². The third-order valence-corrected chi connectivity index (χ3v) is 5.54. The number of thiazole rings is 1. The number of nitrogens with one attached hydrogen (secondary N) is 1. The maximum atomic E-state index is 6.27. The first-order valence-electron chi connectivity index (χ1n) is 9.03. The normalized spacial score (nSPS) is 10.9. The van der Waals surface area contributed by atoms with Crippen LogP contribution in [0.15, 0.2) is 42.5 Å². The van der Waals surface area contributed by atoms with Gasteiger partial charge in [-0.25, -0.2) is 9.97 Å². The number of anilines is 2. The van der Waals surface area contributed by atoms with Gasteiger partial charge in [0.05, 0.1) is 35.7 Å². The van der Waals surface area contributed by atoms with Crippen molar-refractivity contribution >= 4 is 33.3 Å². The van der Waals surface area contributed by atoms with Gasteiger partial charge in [-0.1, -0.05) is 12.1 Å². The topological polar surface area (TPSA) is 95.2 Å². The first-order chi connectivity index (χ1) is 14.1. The molecule has 148 valence electrons. The molecule has 2 heterocycles. The predicted octanol–water partition coefficient (Wildman–Crippen LogP) is 4.27. The number of aryl methyl sites for hydroxylation is 1. The lowest BCUT2D eigenvalue weighted by molar-refractivity contribution is 0.393. The van der Waals surface area contributed by atoms with E-state index in [1.807, 2.05) is 49.4 Å². The number of nitrogen functional groups attached to an aromatic ring is 1. The van der Waals surface area contributed by atoms with Crippen LogP contribution in [0.5, 0.6) is 11.5 Å². The van der Waals surface area contributed by atoms with Crippen molar-refractivity contribution in [2.45, 2.75) is 13.5 Å². The number of hydrogen-bond acceptors (Lipinski definition) is 8. The van der Waals surface area contributed by atoms with Crippen LogP contribution in [0.25, 0.3) is 20.8 Å². The number of benzene rings is 2. The SMILES string of the molecule is COc1cc(CNc2nc(C)c(-c3nc4ccccc4s3)c(N)n2)cc(OC)c1. The van der Waals surface area contributed by atoms with Crippen LogP contribution < -0.4 is 20.5 Å². The van der Waals surface area contributed by atoms with E-state index in [9.17, 15) is 0 Å². The number of hydrogen-bond donors (Lipinski definition) is 2. The van der Waals surface area contributed by atoms with Crippen molar-refractivity contribution in [3.05, 3.63) is 53.7 Å². The van der Waals surface area contributed by atoms with E-state index in [2.05, 4.69) is 20.3 Å². The van der Waals surface area contributed by atoms with Crippen LogP contribution in [0.3, 0.4) is 0 Å². The average Bonchev–Trinajstić information content (AvgIpc) is 3.15. The summed E-state index contributed by atoms with van der Waals surface area (Å²) in [6, 6.07) is 13.7. The molecule has 0 fully saturated rings. The van der Waals surface area contributed by atoms with Crippen molar-refractivity contribution in [2.24, 2.45) is 0 Å². The minimum absolute atomic E-state index is 0.405. The first-order valence-corrected chi connectivity index (χ1v) is 9.85. The van der Waals surface area contributed by atoms with Gasteiger partial charge >= 0.3 is 0 Å². The van der Waals surface area contributed by atoms with Crippen LogP contribution in [-0.4, -0.2) is 29.2 Å². The summed E-state index contributed by atoms with van der Waals surface area (Å²) in [4.78, 5) is 13.7. The standard InChI is InChI=1S/C21H21N5O2S/c1-12-18(20-25-16-6-4-5-7-17(16)29-20)19(22)26-21(24-12)23-11-13-8-14(27-2)10-15(9-13)28-3/h4-10H,11H2,1-3H3,(H3,22,23,24,26). The van der Waals surface area contributed by atoms with E-state index >= 15 is 0 Å². The Hall–Kier alpha value is -3.39. The number of fused-ring (bicyclic) bond motifs is 1. The molecule has 0 bridgehead atoms. The Morgan fingerprint density at radius 3 is 2.38 bits per heavy atom. The molecule has 29 heavy (non-hydrogen) atoms. The van der Waals surface area contributed by atoms with Crippen molar-refractivity contribution in [3.63, 3.8) is 0 Å². The lowest BCUT2D eigenvalue weighted by atomic mass is 10.2. The zero-order valence-corrected chi connectivity index (χ0v) is 17.2. The fourth-order valence-electron chi connectivity index (χ4n) is 3.07. The molecule has 0 saturated carbocycles. The van der Waals surface area contributed by atoms with Crippen molar-refractivity contribution in [2.75, 3.05) is 25.3 Å². The molecule has 2 aromatic carbocycles. The van der Waals surface area contributed by atoms with Crippen LogP contribution in [0, 0.1) is 6.92 Å². The summed E-state index contributed by atoms with van der Waals surface area (Å²) in [6.45, 7) is 2.42. The summed E-state index contributed by atoms with van der Waals surface area (Å²) >= 11 is 1.58. The largest absolute Gasteiger partial charge is 0.497 e. The van der Waals surface area contributed by atoms with Crippen LogP contribution in [-0.2, 0) is 6.54 Å². The fourth-order valence-corrected chi connectivity index (χ4v) is 4.14. The average molecular weight is 407 g/mol. The minimum atomic E-state index is 0.405. The molecule has 0 aliphatic heterocycles. The van der Waals surface area contributed by atoms with Crippen LogP contribution in [0.4, 0.5) is 11.8 Å². The van der Waals surface area contributed by atoms with Crippen molar-refractivity contribution in [3.8, 4) is 22.1 Å². The number of rotatable bonds is 6. The number of methoxy groups -OCH3 is 2. The Morgan fingerprint density at radius 1 is 1.00 bits per heavy atom. The van der Waals surface area contributed by atoms with Gasteiger partial charge in [0.1, 0.15) is 22.3 Å². The Labute approximate surface area is 172 Å². The van der Waals surface area contributed by atoms with Crippen LogP contribution >= 0.6 is 11.3 Å². The van der Waals surface area contributed by atoms with Crippen LogP contribution in [0.1, 0.15) is 11.3 Å². The second-order valence-corrected chi connectivity index (χ2v) is 7.48. The highest BCUT2D eigenvalue weighted by molar-refractivity contribution is 7.21. The highest BCUT2D eigenvalue weighted by Gasteiger charge is 2.16. The molecule has 0 amide bonds. The smallest absolute Gasteiger partial charge is 0.225 e. The second kappa shape index (κ2) is 7.92. The lowest BCUT2D eigenvalue weighted by Crippen LogP contribution is -2.08. The first kappa shape index (κ1) is 18.9. The van der Waals surface area contributed by atoms with Gasteiger partial charge in [-0.15, -0.1) is 11.3 Å². The number of nitrogens with zero attached hydrogens (tertiary/aromatic N) is 3. The molecule has 0 unspecified atom stereocenters. The minimum Gasteiger partial charge on any atom is -0.497 e. The third kappa shape index (κ3) is 3.93. The molecule has 0 aliphatic rings.